The molecule has 0 atom stereocenters. The van der Waals surface area contributed by atoms with Crippen LogP contribution in [-0.4, -0.2) is 3.96 Å². The first-order chi connectivity index (χ1) is 4.77. The summed E-state index contributed by atoms with van der Waals surface area (Å²) in [4.78, 5) is 0. The molecule has 0 aliphatic heterocycles. The molecule has 0 N–H and O–H groups in total. The van der Waals surface area contributed by atoms with Crippen LogP contribution in [0.25, 0.3) is 10.2 Å². The van der Waals surface area contributed by atoms with E-state index in [4.69, 9.17) is 0 Å². The highest BCUT2D eigenvalue weighted by Gasteiger charge is 2.00. The van der Waals surface area contributed by atoms with Crippen molar-refractivity contribution in [2.75, 3.05) is 0 Å². The maximum absolute atomic E-state index is 2.22. The second kappa shape index (κ2) is 1.86. The molecule has 0 saturated heterocycles. The quantitative estimate of drug-likeness (QED) is 0.545. The van der Waals surface area contributed by atoms with Crippen molar-refractivity contribution < 1.29 is 0 Å². The van der Waals surface area contributed by atoms with E-state index in [9.17, 15) is 0 Å². The van der Waals surface area contributed by atoms with Gasteiger partial charge in [0.1, 0.15) is 0 Å². The largest absolute Gasteiger partial charge is 0.299 e. The van der Waals surface area contributed by atoms with Crippen molar-refractivity contribution in [3.05, 3.63) is 23.8 Å². The van der Waals surface area contributed by atoms with Gasteiger partial charge in [0.15, 0.2) is 0 Å². The first kappa shape index (κ1) is 5.98. The Morgan fingerprint density at radius 3 is 2.80 bits per heavy atom. The molecule has 0 bridgehead atoms. The Morgan fingerprint density at radius 2 is 2.20 bits per heavy atom. The highest BCUT2D eigenvalue weighted by molar-refractivity contribution is 7.16. The van der Waals surface area contributed by atoms with Gasteiger partial charge >= 0.3 is 0 Å². The van der Waals surface area contributed by atoms with E-state index in [-0.39, 0.29) is 0 Å². The molecular formula is C8H9NS. The third-order valence-corrected chi connectivity index (χ3v) is 2.68. The highest BCUT2D eigenvalue weighted by Crippen LogP contribution is 2.24. The molecule has 1 aromatic heterocycles. The Morgan fingerprint density at radius 1 is 1.40 bits per heavy atom. The molecule has 2 aromatic rings. The van der Waals surface area contributed by atoms with Crippen LogP contribution in [0.3, 0.4) is 0 Å². The number of hydrogen-bond acceptors (Lipinski definition) is 1. The molecule has 0 aliphatic rings. The van der Waals surface area contributed by atoms with Crippen LogP contribution in [0.2, 0.25) is 0 Å². The predicted molar refractivity (Wildman–Crippen MR) is 45.5 cm³/mol. The predicted octanol–water partition coefficient (Wildman–Crippen LogP) is 2.55. The van der Waals surface area contributed by atoms with Gasteiger partial charge in [0, 0.05) is 7.05 Å². The summed E-state index contributed by atoms with van der Waals surface area (Å²) in [6.07, 6.45) is 0. The van der Waals surface area contributed by atoms with Gasteiger partial charge in [-0.05, 0) is 24.6 Å². The number of aromatic nitrogens is 1. The lowest BCUT2D eigenvalue weighted by atomic mass is 10.2. The SMILES string of the molecule is Cc1ccc2c(c1)sn2C. The topological polar surface area (TPSA) is 4.93 Å². The molecule has 10 heavy (non-hydrogen) atoms. The van der Waals surface area contributed by atoms with Crippen LogP contribution in [0.1, 0.15) is 5.56 Å². The fraction of sp³-hybridized carbons (Fsp3) is 0.250. The summed E-state index contributed by atoms with van der Waals surface area (Å²) in [7, 11) is 2.09. The average molecular weight is 151 g/mol. The van der Waals surface area contributed by atoms with Gasteiger partial charge in [-0.15, -0.1) is 0 Å². The maximum atomic E-state index is 2.22. The summed E-state index contributed by atoms with van der Waals surface area (Å²) < 4.78 is 3.58. The summed E-state index contributed by atoms with van der Waals surface area (Å²) in [6.45, 7) is 2.12. The molecule has 52 valence electrons. The van der Waals surface area contributed by atoms with Crippen molar-refractivity contribution in [2.24, 2.45) is 7.05 Å². The Labute approximate surface area is 64.0 Å². The van der Waals surface area contributed by atoms with E-state index in [1.807, 2.05) is 0 Å². The lowest BCUT2D eigenvalue weighted by molar-refractivity contribution is 1.07. The van der Waals surface area contributed by atoms with Gasteiger partial charge < -0.3 is 0 Å². The zero-order chi connectivity index (χ0) is 7.14. The van der Waals surface area contributed by atoms with Crippen LogP contribution in [0, 0.1) is 6.92 Å². The molecule has 1 aromatic carbocycles. The standard InChI is InChI=1S/C8H9NS/c1-6-3-4-7-8(5-6)10-9(7)2/h3-5H,1-2H3. The number of nitrogens with zero attached hydrogens (tertiary/aromatic N) is 1. The van der Waals surface area contributed by atoms with Gasteiger partial charge in [0.25, 0.3) is 0 Å². The minimum absolute atomic E-state index is 1.35. The zero-order valence-corrected chi connectivity index (χ0v) is 6.90. The van der Waals surface area contributed by atoms with Crippen LogP contribution in [0.15, 0.2) is 18.2 Å². The van der Waals surface area contributed by atoms with Crippen molar-refractivity contribution in [1.82, 2.24) is 3.96 Å². The lowest BCUT2D eigenvalue weighted by Gasteiger charge is -2.08. The molecule has 2 heteroatoms. The van der Waals surface area contributed by atoms with Crippen molar-refractivity contribution in [3.8, 4) is 0 Å². The summed E-state index contributed by atoms with van der Waals surface area (Å²) in [6, 6.07) is 6.54. The Hall–Kier alpha value is -0.760. The first-order valence-electron chi connectivity index (χ1n) is 3.30. The van der Waals surface area contributed by atoms with E-state index in [0.29, 0.717) is 0 Å². The van der Waals surface area contributed by atoms with Gasteiger partial charge in [0.05, 0.1) is 10.2 Å². The third kappa shape index (κ3) is 0.688. The first-order valence-corrected chi connectivity index (χ1v) is 4.07. The van der Waals surface area contributed by atoms with E-state index in [2.05, 4.69) is 36.1 Å². The summed E-state index contributed by atoms with van der Waals surface area (Å²) in [5, 5.41) is 0. The minimum atomic E-state index is 1.35. The van der Waals surface area contributed by atoms with E-state index < -0.39 is 0 Å². The summed E-state index contributed by atoms with van der Waals surface area (Å²) in [5.74, 6) is 0. The third-order valence-electron chi connectivity index (χ3n) is 1.69. The number of fused-ring (bicyclic) bond motifs is 1. The molecule has 0 unspecified atom stereocenters. The molecule has 0 spiro atoms. The van der Waals surface area contributed by atoms with E-state index in [1.54, 1.807) is 11.5 Å². The van der Waals surface area contributed by atoms with Gasteiger partial charge in [-0.2, -0.15) is 0 Å². The number of benzene rings is 1. The number of hydrogen-bond donors (Lipinski definition) is 0. The molecule has 0 aliphatic carbocycles. The molecule has 1 nitrogen and oxygen atoms in total. The molecule has 1 heterocycles. The monoisotopic (exact) mass is 151 g/mol. The van der Waals surface area contributed by atoms with Crippen molar-refractivity contribution in [2.45, 2.75) is 6.92 Å². The minimum Gasteiger partial charge on any atom is -0.299 e. The maximum Gasteiger partial charge on any atom is 0.0692 e. The van der Waals surface area contributed by atoms with Crippen LogP contribution in [-0.2, 0) is 7.05 Å². The molecule has 2 rings (SSSR count). The van der Waals surface area contributed by atoms with Crippen LogP contribution in [0.5, 0.6) is 0 Å². The fourth-order valence-electron chi connectivity index (χ4n) is 1.11. The van der Waals surface area contributed by atoms with Crippen molar-refractivity contribution in [1.29, 1.82) is 0 Å². The van der Waals surface area contributed by atoms with Crippen LogP contribution >= 0.6 is 11.5 Å². The van der Waals surface area contributed by atoms with Gasteiger partial charge in [-0.1, -0.05) is 17.6 Å². The smallest absolute Gasteiger partial charge is 0.0692 e. The average Bonchev–Trinajstić information content (AvgIpc) is 1.86. The molecular weight excluding hydrogens is 142 g/mol. The Kier molecular flexibility index (Phi) is 1.11. The molecule has 0 amide bonds. The fourth-order valence-corrected chi connectivity index (χ4v) is 2.07. The number of aryl methyl sites for hydroxylation is 2. The Balaban J connectivity index is 2.73. The van der Waals surface area contributed by atoms with Gasteiger partial charge in [-0.25, -0.2) is 0 Å². The molecule has 0 saturated carbocycles. The van der Waals surface area contributed by atoms with Gasteiger partial charge in [-0.3, -0.25) is 3.96 Å². The second-order valence-electron chi connectivity index (χ2n) is 2.56. The van der Waals surface area contributed by atoms with Crippen LogP contribution < -0.4 is 0 Å². The van der Waals surface area contributed by atoms with Crippen molar-refractivity contribution >= 4 is 21.7 Å². The van der Waals surface area contributed by atoms with Crippen LogP contribution in [0.4, 0.5) is 0 Å². The lowest BCUT2D eigenvalue weighted by Crippen LogP contribution is -1.92. The van der Waals surface area contributed by atoms with Crippen molar-refractivity contribution in [3.63, 3.8) is 0 Å². The van der Waals surface area contributed by atoms with E-state index >= 15 is 0 Å². The zero-order valence-electron chi connectivity index (χ0n) is 6.09. The van der Waals surface area contributed by atoms with E-state index in [1.165, 1.54) is 15.8 Å². The van der Waals surface area contributed by atoms with Gasteiger partial charge in [0.2, 0.25) is 0 Å². The Bertz CT molecular complexity index is 352. The molecule has 0 fully saturated rings. The normalized spacial score (nSPS) is 11.0. The summed E-state index contributed by atoms with van der Waals surface area (Å²) >= 11 is 1.80. The highest BCUT2D eigenvalue weighted by atomic mass is 32.1. The number of rotatable bonds is 0. The second-order valence-corrected chi connectivity index (χ2v) is 3.73. The van der Waals surface area contributed by atoms with E-state index in [0.717, 1.165) is 0 Å². The molecule has 0 radical (unpaired) electrons. The summed E-state index contributed by atoms with van der Waals surface area (Å²) in [5.41, 5.74) is 2.70.